The standard InChI is InChI=1S/C16H28O4/c1-5-12-8-10-13(11-9-12)16(4,14(17)19-6-2)15(18)20-7-3/h12-13H,5-11H2,1-4H3. The average Bonchev–Trinajstić information content (AvgIpc) is 2.47. The molecule has 0 amide bonds. The maximum absolute atomic E-state index is 12.3. The highest BCUT2D eigenvalue weighted by atomic mass is 16.6. The first-order valence-electron chi connectivity index (χ1n) is 7.85. The molecule has 1 fully saturated rings. The fraction of sp³-hybridized carbons (Fsp3) is 0.875. The maximum Gasteiger partial charge on any atom is 0.323 e. The molecule has 0 unspecified atom stereocenters. The van der Waals surface area contributed by atoms with Crippen LogP contribution in [-0.4, -0.2) is 25.2 Å². The molecule has 4 nitrogen and oxygen atoms in total. The third-order valence-corrected chi connectivity index (χ3v) is 4.64. The Morgan fingerprint density at radius 2 is 1.40 bits per heavy atom. The molecule has 0 bridgehead atoms. The second-order valence-electron chi connectivity index (χ2n) is 5.77. The van der Waals surface area contributed by atoms with Gasteiger partial charge in [0, 0.05) is 0 Å². The molecule has 0 aliphatic heterocycles. The van der Waals surface area contributed by atoms with Crippen LogP contribution in [0.3, 0.4) is 0 Å². The molecule has 1 aliphatic rings. The first-order valence-corrected chi connectivity index (χ1v) is 7.85. The highest BCUT2D eigenvalue weighted by molar-refractivity contribution is 6.00. The number of rotatable bonds is 6. The first kappa shape index (κ1) is 17.0. The van der Waals surface area contributed by atoms with Crippen molar-refractivity contribution in [2.75, 3.05) is 13.2 Å². The summed E-state index contributed by atoms with van der Waals surface area (Å²) in [7, 11) is 0. The van der Waals surface area contributed by atoms with Crippen molar-refractivity contribution in [3.63, 3.8) is 0 Å². The molecule has 0 saturated heterocycles. The molecule has 0 aromatic carbocycles. The Morgan fingerprint density at radius 3 is 1.75 bits per heavy atom. The van der Waals surface area contributed by atoms with Gasteiger partial charge in [0.05, 0.1) is 13.2 Å². The summed E-state index contributed by atoms with van der Waals surface area (Å²) >= 11 is 0. The van der Waals surface area contributed by atoms with Crippen molar-refractivity contribution in [2.45, 2.75) is 59.8 Å². The van der Waals surface area contributed by atoms with E-state index in [1.54, 1.807) is 20.8 Å². The SMILES string of the molecule is CCOC(=O)C(C)(C(=O)OCC)C1CCC(CC)CC1. The van der Waals surface area contributed by atoms with Crippen molar-refractivity contribution in [1.82, 2.24) is 0 Å². The molecule has 0 N–H and O–H groups in total. The molecule has 116 valence electrons. The third-order valence-electron chi connectivity index (χ3n) is 4.64. The van der Waals surface area contributed by atoms with Crippen LogP contribution in [0.4, 0.5) is 0 Å². The Morgan fingerprint density at radius 1 is 0.950 bits per heavy atom. The van der Waals surface area contributed by atoms with Crippen LogP contribution < -0.4 is 0 Å². The third kappa shape index (κ3) is 3.53. The molecule has 20 heavy (non-hydrogen) atoms. The van der Waals surface area contributed by atoms with Crippen LogP contribution in [0.5, 0.6) is 0 Å². The number of hydrogen-bond donors (Lipinski definition) is 0. The minimum Gasteiger partial charge on any atom is -0.465 e. The van der Waals surface area contributed by atoms with Crippen LogP contribution in [0.1, 0.15) is 59.8 Å². The van der Waals surface area contributed by atoms with Crippen LogP contribution in [0.2, 0.25) is 0 Å². The predicted molar refractivity (Wildman–Crippen MR) is 77.1 cm³/mol. The summed E-state index contributed by atoms with van der Waals surface area (Å²) in [5, 5.41) is 0. The van der Waals surface area contributed by atoms with Crippen molar-refractivity contribution in [2.24, 2.45) is 17.3 Å². The molecule has 0 spiro atoms. The van der Waals surface area contributed by atoms with Gasteiger partial charge in [-0.2, -0.15) is 0 Å². The van der Waals surface area contributed by atoms with Gasteiger partial charge in [-0.25, -0.2) is 0 Å². The van der Waals surface area contributed by atoms with Crippen LogP contribution in [-0.2, 0) is 19.1 Å². The number of ether oxygens (including phenoxy) is 2. The van der Waals surface area contributed by atoms with E-state index in [2.05, 4.69) is 6.92 Å². The Hall–Kier alpha value is -1.06. The normalized spacial score (nSPS) is 23.2. The van der Waals surface area contributed by atoms with Crippen molar-refractivity contribution < 1.29 is 19.1 Å². The molecular formula is C16H28O4. The van der Waals surface area contributed by atoms with Crippen molar-refractivity contribution in [1.29, 1.82) is 0 Å². The maximum atomic E-state index is 12.3. The Labute approximate surface area is 122 Å². The number of esters is 2. The van der Waals surface area contributed by atoms with Gasteiger partial charge in [0.15, 0.2) is 5.41 Å². The van der Waals surface area contributed by atoms with Gasteiger partial charge in [-0.1, -0.05) is 26.2 Å². The second kappa shape index (κ2) is 7.65. The van der Waals surface area contributed by atoms with Crippen LogP contribution >= 0.6 is 0 Å². The van der Waals surface area contributed by atoms with E-state index in [4.69, 9.17) is 9.47 Å². The van der Waals surface area contributed by atoms with Crippen LogP contribution in [0, 0.1) is 17.3 Å². The molecule has 0 heterocycles. The summed E-state index contributed by atoms with van der Waals surface area (Å²) in [6, 6.07) is 0. The highest BCUT2D eigenvalue weighted by Gasteiger charge is 2.51. The topological polar surface area (TPSA) is 52.6 Å². The molecule has 0 radical (unpaired) electrons. The van der Waals surface area contributed by atoms with E-state index in [0.717, 1.165) is 31.6 Å². The summed E-state index contributed by atoms with van der Waals surface area (Å²) in [5.41, 5.74) is -1.15. The van der Waals surface area contributed by atoms with E-state index in [0.29, 0.717) is 0 Å². The molecular weight excluding hydrogens is 256 g/mol. The number of carbonyl (C=O) groups excluding carboxylic acids is 2. The van der Waals surface area contributed by atoms with Crippen LogP contribution in [0.15, 0.2) is 0 Å². The lowest BCUT2D eigenvalue weighted by atomic mass is 9.67. The summed E-state index contributed by atoms with van der Waals surface area (Å²) in [6.07, 6.45) is 5.12. The quantitative estimate of drug-likeness (QED) is 0.554. The molecule has 0 aromatic heterocycles. The summed E-state index contributed by atoms with van der Waals surface area (Å²) in [4.78, 5) is 24.6. The Kier molecular flexibility index (Phi) is 6.50. The molecule has 1 rings (SSSR count). The number of hydrogen-bond acceptors (Lipinski definition) is 4. The molecule has 0 aromatic rings. The first-order chi connectivity index (χ1) is 9.50. The van der Waals surface area contributed by atoms with Gasteiger partial charge in [-0.3, -0.25) is 9.59 Å². The zero-order valence-electron chi connectivity index (χ0n) is 13.2. The van der Waals surface area contributed by atoms with Crippen molar-refractivity contribution in [3.8, 4) is 0 Å². The van der Waals surface area contributed by atoms with Gasteiger partial charge in [0.1, 0.15) is 0 Å². The number of carbonyl (C=O) groups is 2. The van der Waals surface area contributed by atoms with Crippen LogP contribution in [0.25, 0.3) is 0 Å². The monoisotopic (exact) mass is 284 g/mol. The molecule has 4 heteroatoms. The minimum absolute atomic E-state index is 0.0309. The van der Waals surface area contributed by atoms with E-state index >= 15 is 0 Å². The van der Waals surface area contributed by atoms with Gasteiger partial charge >= 0.3 is 11.9 Å². The summed E-state index contributed by atoms with van der Waals surface area (Å²) in [6.45, 7) is 7.99. The zero-order valence-corrected chi connectivity index (χ0v) is 13.2. The zero-order chi connectivity index (χ0) is 15.2. The van der Waals surface area contributed by atoms with E-state index in [-0.39, 0.29) is 19.1 Å². The van der Waals surface area contributed by atoms with Gasteiger partial charge in [-0.15, -0.1) is 0 Å². The van der Waals surface area contributed by atoms with Gasteiger partial charge in [-0.05, 0) is 45.4 Å². The lowest BCUT2D eigenvalue weighted by Gasteiger charge is -2.37. The lowest BCUT2D eigenvalue weighted by molar-refractivity contribution is -0.176. The van der Waals surface area contributed by atoms with E-state index < -0.39 is 17.4 Å². The Balaban J connectivity index is 2.87. The average molecular weight is 284 g/mol. The van der Waals surface area contributed by atoms with E-state index in [1.165, 1.54) is 6.42 Å². The predicted octanol–water partition coefficient (Wildman–Crippen LogP) is 3.34. The smallest absolute Gasteiger partial charge is 0.323 e. The van der Waals surface area contributed by atoms with Gasteiger partial charge in [0.2, 0.25) is 0 Å². The molecule has 1 aliphatic carbocycles. The van der Waals surface area contributed by atoms with Gasteiger partial charge < -0.3 is 9.47 Å². The fourth-order valence-electron chi connectivity index (χ4n) is 3.13. The lowest BCUT2D eigenvalue weighted by Crippen LogP contribution is -2.46. The Bertz CT molecular complexity index is 311. The fourth-order valence-corrected chi connectivity index (χ4v) is 3.13. The second-order valence-corrected chi connectivity index (χ2v) is 5.77. The highest BCUT2D eigenvalue weighted by Crippen LogP contribution is 2.42. The minimum atomic E-state index is -1.15. The van der Waals surface area contributed by atoms with Gasteiger partial charge in [0.25, 0.3) is 0 Å². The van der Waals surface area contributed by atoms with E-state index in [9.17, 15) is 9.59 Å². The molecule has 0 atom stereocenters. The summed E-state index contributed by atoms with van der Waals surface area (Å²) < 4.78 is 10.3. The van der Waals surface area contributed by atoms with E-state index in [1.807, 2.05) is 0 Å². The largest absolute Gasteiger partial charge is 0.465 e. The molecule has 1 saturated carbocycles. The van der Waals surface area contributed by atoms with Crippen molar-refractivity contribution >= 4 is 11.9 Å². The van der Waals surface area contributed by atoms with Crippen molar-refractivity contribution in [3.05, 3.63) is 0 Å². The summed E-state index contributed by atoms with van der Waals surface area (Å²) in [5.74, 6) is -0.111.